The van der Waals surface area contributed by atoms with Gasteiger partial charge >= 0.3 is 5.88 Å². The van der Waals surface area contributed by atoms with Crippen LogP contribution < -0.4 is 24.9 Å². The molecule has 1 aliphatic heterocycles. The molecule has 0 saturated carbocycles. The van der Waals surface area contributed by atoms with Crippen LogP contribution >= 0.6 is 0 Å². The van der Waals surface area contributed by atoms with E-state index in [0.717, 1.165) is 22.6 Å². The number of nitriles is 1. The van der Waals surface area contributed by atoms with Gasteiger partial charge in [-0.15, -0.1) is 0 Å². The predicted octanol–water partition coefficient (Wildman–Crippen LogP) is 2.94. The van der Waals surface area contributed by atoms with Crippen molar-refractivity contribution >= 4 is 0 Å². The van der Waals surface area contributed by atoms with Crippen LogP contribution in [0.2, 0.25) is 0 Å². The highest BCUT2D eigenvalue weighted by Gasteiger charge is 2.37. The minimum atomic E-state index is -0.404. The van der Waals surface area contributed by atoms with Crippen LogP contribution in [0.1, 0.15) is 28.6 Å². The van der Waals surface area contributed by atoms with Gasteiger partial charge in [0.05, 0.1) is 13.0 Å². The molecule has 0 amide bonds. The van der Waals surface area contributed by atoms with Crippen LogP contribution in [0.25, 0.3) is 0 Å². The highest BCUT2D eigenvalue weighted by atomic mass is 16.5. The van der Waals surface area contributed by atoms with Gasteiger partial charge in [0.25, 0.3) is 5.82 Å². The maximum absolute atomic E-state index is 9.70. The van der Waals surface area contributed by atoms with Crippen molar-refractivity contribution in [1.29, 1.82) is 5.26 Å². The Labute approximate surface area is 168 Å². The maximum Gasteiger partial charge on any atom is 0.333 e. The quantitative estimate of drug-likeness (QED) is 0.698. The maximum atomic E-state index is 9.70. The molecule has 4 rings (SSSR count). The Bertz CT molecular complexity index is 1110. The van der Waals surface area contributed by atoms with Crippen molar-refractivity contribution in [2.45, 2.75) is 19.4 Å². The van der Waals surface area contributed by atoms with E-state index in [1.165, 1.54) is 0 Å². The first-order valence-electron chi connectivity index (χ1n) is 9.14. The Morgan fingerprint density at radius 2 is 2.00 bits per heavy atom. The molecule has 0 spiro atoms. The summed E-state index contributed by atoms with van der Waals surface area (Å²) in [7, 11) is 1.60. The first kappa shape index (κ1) is 18.4. The van der Waals surface area contributed by atoms with E-state index in [-0.39, 0.29) is 5.88 Å². The first-order valence-corrected chi connectivity index (χ1v) is 9.14. The number of ether oxygens (including phenoxy) is 3. The number of hydrogen-bond donors (Lipinski definition) is 2. The van der Waals surface area contributed by atoms with Crippen LogP contribution in [-0.2, 0) is 6.61 Å². The summed E-state index contributed by atoms with van der Waals surface area (Å²) in [5, 5.41) is 9.70. The van der Waals surface area contributed by atoms with E-state index in [2.05, 4.69) is 16.0 Å². The Kier molecular flexibility index (Phi) is 4.83. The minimum Gasteiger partial charge on any atom is -0.493 e. The van der Waals surface area contributed by atoms with Crippen molar-refractivity contribution in [2.24, 2.45) is 5.73 Å². The molecule has 1 atom stereocenters. The second-order valence-electron chi connectivity index (χ2n) is 6.73. The number of nitrogens with one attached hydrogen (secondary N) is 2. The fourth-order valence-corrected chi connectivity index (χ4v) is 3.44. The van der Waals surface area contributed by atoms with Gasteiger partial charge in [0.15, 0.2) is 11.5 Å². The molecule has 29 heavy (non-hydrogen) atoms. The predicted molar refractivity (Wildman–Crippen MR) is 105 cm³/mol. The molecule has 0 radical (unpaired) electrons. The van der Waals surface area contributed by atoms with E-state index in [1.54, 1.807) is 7.11 Å². The zero-order chi connectivity index (χ0) is 20.4. The molecule has 2 aromatic carbocycles. The topological polar surface area (TPSA) is 107 Å². The number of nitrogens with two attached hydrogens (primary N) is 1. The van der Waals surface area contributed by atoms with Crippen molar-refractivity contribution < 1.29 is 19.2 Å². The van der Waals surface area contributed by atoms with Gasteiger partial charge in [0.1, 0.15) is 18.2 Å². The van der Waals surface area contributed by atoms with E-state index >= 15 is 0 Å². The molecule has 0 fully saturated rings. The van der Waals surface area contributed by atoms with Crippen LogP contribution in [-0.4, -0.2) is 12.1 Å². The van der Waals surface area contributed by atoms with Crippen molar-refractivity contribution in [2.75, 3.05) is 7.11 Å². The monoisotopic (exact) mass is 389 g/mol. The van der Waals surface area contributed by atoms with Gasteiger partial charge in [-0.3, -0.25) is 0 Å². The lowest BCUT2D eigenvalue weighted by Crippen LogP contribution is -2.23. The lowest BCUT2D eigenvalue weighted by Gasteiger charge is -2.21. The van der Waals surface area contributed by atoms with Gasteiger partial charge in [-0.05, 0) is 23.3 Å². The number of aromatic amines is 2. The summed E-state index contributed by atoms with van der Waals surface area (Å²) in [5.41, 5.74) is 8.98. The van der Waals surface area contributed by atoms with Crippen molar-refractivity contribution in [1.82, 2.24) is 4.98 Å². The zero-order valence-corrected chi connectivity index (χ0v) is 16.2. The van der Waals surface area contributed by atoms with Crippen molar-refractivity contribution in [3.05, 3.63) is 82.6 Å². The van der Waals surface area contributed by atoms with Gasteiger partial charge in [-0.1, -0.05) is 36.4 Å². The van der Waals surface area contributed by atoms with Crippen LogP contribution in [0.3, 0.4) is 0 Å². The number of nitrogens with zero attached hydrogens (tertiary/aromatic N) is 1. The molecule has 4 N–H and O–H groups in total. The van der Waals surface area contributed by atoms with E-state index in [4.69, 9.17) is 19.9 Å². The fourth-order valence-electron chi connectivity index (χ4n) is 3.44. The highest BCUT2D eigenvalue weighted by molar-refractivity contribution is 5.54. The Balaban J connectivity index is 1.74. The molecule has 1 aromatic heterocycles. The molecule has 7 nitrogen and oxygen atoms in total. The summed E-state index contributed by atoms with van der Waals surface area (Å²) in [6.07, 6.45) is 0. The number of imidazole rings is 1. The number of fused-ring (bicyclic) bond motifs is 1. The SMILES string of the molecule is COc1ccc(C2C(C#N)=C(N)Oc3[nH+]c(C)[nH]c32)cc1OCc1ccccc1. The molecular formula is C22H21N4O3+. The summed E-state index contributed by atoms with van der Waals surface area (Å²) >= 11 is 0. The Morgan fingerprint density at radius 3 is 2.72 bits per heavy atom. The van der Waals surface area contributed by atoms with E-state index < -0.39 is 5.92 Å². The van der Waals surface area contributed by atoms with Gasteiger partial charge in [0, 0.05) is 6.92 Å². The molecule has 2 heterocycles. The molecule has 146 valence electrons. The molecule has 7 heteroatoms. The number of aryl methyl sites for hydroxylation is 1. The average Bonchev–Trinajstić information content (AvgIpc) is 3.11. The van der Waals surface area contributed by atoms with Crippen LogP contribution in [0.4, 0.5) is 0 Å². The molecule has 0 bridgehead atoms. The third-order valence-electron chi connectivity index (χ3n) is 4.80. The van der Waals surface area contributed by atoms with E-state index in [0.29, 0.717) is 29.6 Å². The summed E-state index contributed by atoms with van der Waals surface area (Å²) < 4.78 is 17.1. The average molecular weight is 389 g/mol. The van der Waals surface area contributed by atoms with Gasteiger partial charge in [0.2, 0.25) is 11.6 Å². The van der Waals surface area contributed by atoms with Gasteiger partial charge in [-0.2, -0.15) is 5.26 Å². The summed E-state index contributed by atoms with van der Waals surface area (Å²) in [6.45, 7) is 2.28. The van der Waals surface area contributed by atoms with E-state index in [9.17, 15) is 5.26 Å². The lowest BCUT2D eigenvalue weighted by molar-refractivity contribution is -0.399. The summed E-state index contributed by atoms with van der Waals surface area (Å²) in [4.78, 5) is 6.34. The van der Waals surface area contributed by atoms with Crippen molar-refractivity contribution in [3.8, 4) is 23.4 Å². The number of hydrogen-bond acceptors (Lipinski definition) is 5. The summed E-state index contributed by atoms with van der Waals surface area (Å²) in [6, 6.07) is 17.7. The highest BCUT2D eigenvalue weighted by Crippen LogP contribution is 2.42. The molecular weight excluding hydrogens is 368 g/mol. The molecule has 1 unspecified atom stereocenters. The number of aromatic nitrogens is 2. The largest absolute Gasteiger partial charge is 0.493 e. The van der Waals surface area contributed by atoms with Crippen LogP contribution in [0.5, 0.6) is 17.4 Å². The Morgan fingerprint density at radius 1 is 1.21 bits per heavy atom. The van der Waals surface area contributed by atoms with Crippen molar-refractivity contribution in [3.63, 3.8) is 0 Å². The first-order chi connectivity index (χ1) is 14.1. The number of rotatable bonds is 5. The second kappa shape index (κ2) is 7.60. The normalized spacial score (nSPS) is 15.3. The number of methoxy groups -OCH3 is 1. The van der Waals surface area contributed by atoms with E-state index in [1.807, 2.05) is 55.5 Å². The molecule has 3 aromatic rings. The summed E-state index contributed by atoms with van der Waals surface area (Å²) in [5.74, 6) is 2.20. The smallest absolute Gasteiger partial charge is 0.333 e. The van der Waals surface area contributed by atoms with Gasteiger partial charge < -0.3 is 19.9 Å². The molecule has 0 aliphatic carbocycles. The third-order valence-corrected chi connectivity index (χ3v) is 4.80. The number of benzene rings is 2. The standard InChI is InChI=1S/C22H20N4O3/c1-13-25-20-19(16(11-23)21(24)29-22(20)26-13)15-8-9-17(27-2)18(10-15)28-12-14-6-4-3-5-7-14/h3-10,19H,12,24H2,1-2H3,(H,25,26)/p+1. The second-order valence-corrected chi connectivity index (χ2v) is 6.73. The minimum absolute atomic E-state index is 0.0859. The van der Waals surface area contributed by atoms with Gasteiger partial charge in [-0.25, -0.2) is 9.97 Å². The van der Waals surface area contributed by atoms with Crippen LogP contribution in [0.15, 0.2) is 60.0 Å². The zero-order valence-electron chi connectivity index (χ0n) is 16.2. The molecule has 1 aliphatic rings. The molecule has 0 saturated heterocycles. The third kappa shape index (κ3) is 3.48. The van der Waals surface area contributed by atoms with Crippen LogP contribution in [0, 0.1) is 18.3 Å². The Hall–Kier alpha value is -3.92. The lowest BCUT2D eigenvalue weighted by atomic mass is 9.87. The fraction of sp³-hybridized carbons (Fsp3) is 0.182. The number of H-pyrrole nitrogens is 2. The number of allylic oxidation sites excluding steroid dienone is 1.